The van der Waals surface area contributed by atoms with Gasteiger partial charge in [-0.05, 0) is 36.5 Å². The second-order valence-corrected chi connectivity index (χ2v) is 7.47. The van der Waals surface area contributed by atoms with Gasteiger partial charge >= 0.3 is 0 Å². The standard InChI is InChI=1S/C22H29N5O2.HI/c28-27(29)21-11-9-19(10-12-21)17-26-22(25-16-18-6-2-1-3-7-18)24-15-13-20-8-4-5-14-23-20;/h4-5,8-12,14,18H,1-3,6-7,13,15-17H2,(H2,24,25,26);1H. The molecule has 1 heterocycles. The monoisotopic (exact) mass is 523 g/mol. The predicted octanol–water partition coefficient (Wildman–Crippen LogP) is 4.47. The number of nitrogens with zero attached hydrogens (tertiary/aromatic N) is 3. The quantitative estimate of drug-likeness (QED) is 0.175. The maximum absolute atomic E-state index is 10.8. The van der Waals surface area contributed by atoms with E-state index in [1.54, 1.807) is 18.3 Å². The van der Waals surface area contributed by atoms with Crippen molar-refractivity contribution in [2.75, 3.05) is 13.1 Å². The first-order valence-electron chi connectivity index (χ1n) is 10.4. The molecule has 0 unspecified atom stereocenters. The molecule has 0 bridgehead atoms. The van der Waals surface area contributed by atoms with Crippen LogP contribution in [-0.2, 0) is 13.0 Å². The molecule has 30 heavy (non-hydrogen) atoms. The minimum atomic E-state index is -0.386. The van der Waals surface area contributed by atoms with Gasteiger partial charge in [0.25, 0.3) is 5.69 Å². The fourth-order valence-electron chi connectivity index (χ4n) is 3.55. The number of hydrogen-bond donors (Lipinski definition) is 2. The van der Waals surface area contributed by atoms with E-state index in [9.17, 15) is 10.1 Å². The Balaban J connectivity index is 0.00000320. The Bertz CT molecular complexity index is 793. The summed E-state index contributed by atoms with van der Waals surface area (Å²) in [5, 5.41) is 17.7. The van der Waals surface area contributed by atoms with E-state index in [0.29, 0.717) is 12.5 Å². The van der Waals surface area contributed by atoms with Gasteiger partial charge in [0.2, 0.25) is 0 Å². The largest absolute Gasteiger partial charge is 0.356 e. The number of hydrogen-bond acceptors (Lipinski definition) is 4. The van der Waals surface area contributed by atoms with Gasteiger partial charge in [-0.3, -0.25) is 15.1 Å². The van der Waals surface area contributed by atoms with Crippen molar-refractivity contribution < 1.29 is 4.92 Å². The summed E-state index contributed by atoms with van der Waals surface area (Å²) in [6.45, 7) is 2.14. The molecule has 0 atom stereocenters. The molecule has 3 rings (SSSR count). The van der Waals surface area contributed by atoms with Crippen LogP contribution in [0, 0.1) is 16.0 Å². The van der Waals surface area contributed by atoms with E-state index in [4.69, 9.17) is 0 Å². The van der Waals surface area contributed by atoms with Crippen molar-refractivity contribution in [3.8, 4) is 0 Å². The maximum atomic E-state index is 10.8. The van der Waals surface area contributed by atoms with Gasteiger partial charge in [-0.25, -0.2) is 4.99 Å². The first kappa shape index (κ1) is 24.0. The van der Waals surface area contributed by atoms with E-state index in [2.05, 4.69) is 20.6 Å². The third-order valence-corrected chi connectivity index (χ3v) is 5.25. The van der Waals surface area contributed by atoms with Crippen molar-refractivity contribution in [3.63, 3.8) is 0 Å². The first-order valence-corrected chi connectivity index (χ1v) is 10.4. The van der Waals surface area contributed by atoms with Crippen molar-refractivity contribution in [3.05, 3.63) is 70.0 Å². The highest BCUT2D eigenvalue weighted by atomic mass is 127. The summed E-state index contributed by atoms with van der Waals surface area (Å²) in [5.74, 6) is 1.48. The zero-order chi connectivity index (χ0) is 20.3. The Morgan fingerprint density at radius 2 is 1.87 bits per heavy atom. The van der Waals surface area contributed by atoms with Crippen LogP contribution in [0.4, 0.5) is 5.69 Å². The van der Waals surface area contributed by atoms with E-state index in [1.807, 2.05) is 18.2 Å². The van der Waals surface area contributed by atoms with Crippen LogP contribution in [0.25, 0.3) is 0 Å². The molecule has 0 spiro atoms. The molecule has 2 aromatic rings. The Morgan fingerprint density at radius 3 is 2.53 bits per heavy atom. The molecule has 1 fully saturated rings. The van der Waals surface area contributed by atoms with E-state index < -0.39 is 0 Å². The highest BCUT2D eigenvalue weighted by molar-refractivity contribution is 14.0. The average Bonchev–Trinajstić information content (AvgIpc) is 2.77. The molecule has 2 N–H and O–H groups in total. The van der Waals surface area contributed by atoms with E-state index in [-0.39, 0.29) is 34.6 Å². The molecule has 7 nitrogen and oxygen atoms in total. The molecule has 1 aromatic heterocycles. The minimum absolute atomic E-state index is 0. The third kappa shape index (κ3) is 8.25. The van der Waals surface area contributed by atoms with Crippen LogP contribution in [-0.4, -0.2) is 29.0 Å². The first-order chi connectivity index (χ1) is 14.2. The van der Waals surface area contributed by atoms with Crippen LogP contribution in [0.15, 0.2) is 53.7 Å². The normalized spacial score (nSPS) is 14.6. The number of aliphatic imine (C=N–C) groups is 1. The van der Waals surface area contributed by atoms with Crippen molar-refractivity contribution in [2.45, 2.75) is 45.1 Å². The van der Waals surface area contributed by atoms with Crippen molar-refractivity contribution in [2.24, 2.45) is 10.9 Å². The summed E-state index contributed by atoms with van der Waals surface area (Å²) in [5.41, 5.74) is 2.09. The lowest BCUT2D eigenvalue weighted by atomic mass is 9.89. The van der Waals surface area contributed by atoms with Crippen LogP contribution < -0.4 is 10.6 Å². The number of benzene rings is 1. The molecule has 8 heteroatoms. The van der Waals surface area contributed by atoms with Gasteiger partial charge < -0.3 is 10.6 Å². The molecular weight excluding hydrogens is 493 g/mol. The SMILES string of the molecule is I.O=[N+]([O-])c1ccc(CN=C(NCCc2ccccn2)NCC2CCCCC2)cc1. The van der Waals surface area contributed by atoms with Crippen molar-refractivity contribution in [1.82, 2.24) is 15.6 Å². The minimum Gasteiger partial charge on any atom is -0.356 e. The van der Waals surface area contributed by atoms with Gasteiger partial charge in [-0.2, -0.15) is 0 Å². The highest BCUT2D eigenvalue weighted by Crippen LogP contribution is 2.22. The van der Waals surface area contributed by atoms with Crippen LogP contribution in [0.1, 0.15) is 43.4 Å². The summed E-state index contributed by atoms with van der Waals surface area (Å²) in [7, 11) is 0. The van der Waals surface area contributed by atoms with Crippen molar-refractivity contribution >= 4 is 35.6 Å². The molecule has 1 aliphatic carbocycles. The number of nitro groups is 1. The van der Waals surface area contributed by atoms with Gasteiger partial charge in [-0.1, -0.05) is 37.5 Å². The molecule has 1 aliphatic rings. The second-order valence-electron chi connectivity index (χ2n) is 7.47. The number of guanidine groups is 1. The average molecular weight is 523 g/mol. The molecule has 0 radical (unpaired) electrons. The van der Waals surface area contributed by atoms with Gasteiger partial charge in [0, 0.05) is 43.5 Å². The zero-order valence-electron chi connectivity index (χ0n) is 17.1. The van der Waals surface area contributed by atoms with Crippen LogP contribution >= 0.6 is 24.0 Å². The highest BCUT2D eigenvalue weighted by Gasteiger charge is 2.13. The van der Waals surface area contributed by atoms with Crippen LogP contribution in [0.5, 0.6) is 0 Å². The molecule has 1 saturated carbocycles. The summed E-state index contributed by atoms with van der Waals surface area (Å²) in [4.78, 5) is 19.5. The number of nitrogens with one attached hydrogen (secondary N) is 2. The lowest BCUT2D eigenvalue weighted by Gasteiger charge is -2.23. The van der Waals surface area contributed by atoms with E-state index >= 15 is 0 Å². The number of aromatic nitrogens is 1. The Morgan fingerprint density at radius 1 is 1.10 bits per heavy atom. The summed E-state index contributed by atoms with van der Waals surface area (Å²) in [6.07, 6.45) is 9.15. The number of pyridine rings is 1. The maximum Gasteiger partial charge on any atom is 0.269 e. The van der Waals surface area contributed by atoms with Crippen LogP contribution in [0.2, 0.25) is 0 Å². The summed E-state index contributed by atoms with van der Waals surface area (Å²) < 4.78 is 0. The number of non-ortho nitro benzene ring substituents is 1. The molecule has 0 aliphatic heterocycles. The smallest absolute Gasteiger partial charge is 0.269 e. The van der Waals surface area contributed by atoms with Crippen LogP contribution in [0.3, 0.4) is 0 Å². The molecular formula is C22H30IN5O2. The summed E-state index contributed by atoms with van der Waals surface area (Å²) in [6, 6.07) is 12.5. The predicted molar refractivity (Wildman–Crippen MR) is 130 cm³/mol. The lowest BCUT2D eigenvalue weighted by molar-refractivity contribution is -0.384. The van der Waals surface area contributed by atoms with E-state index in [1.165, 1.54) is 44.2 Å². The topological polar surface area (TPSA) is 92.5 Å². The Hall–Kier alpha value is -2.23. The molecule has 0 saturated heterocycles. The second kappa shape index (κ2) is 13.1. The fourth-order valence-corrected chi connectivity index (χ4v) is 3.55. The van der Waals surface area contributed by atoms with Gasteiger partial charge in [-0.15, -0.1) is 24.0 Å². The Kier molecular flexibility index (Phi) is 10.5. The zero-order valence-corrected chi connectivity index (χ0v) is 19.5. The number of halogens is 1. The molecule has 1 aromatic carbocycles. The van der Waals surface area contributed by atoms with Crippen molar-refractivity contribution in [1.29, 1.82) is 0 Å². The van der Waals surface area contributed by atoms with Gasteiger partial charge in [0.05, 0.1) is 11.5 Å². The summed E-state index contributed by atoms with van der Waals surface area (Å²) >= 11 is 0. The molecule has 162 valence electrons. The van der Waals surface area contributed by atoms with E-state index in [0.717, 1.165) is 36.7 Å². The number of rotatable bonds is 8. The lowest BCUT2D eigenvalue weighted by Crippen LogP contribution is -2.41. The molecule has 0 amide bonds. The Labute approximate surface area is 195 Å². The number of nitro benzene ring substituents is 1. The van der Waals surface area contributed by atoms with Gasteiger partial charge in [0.15, 0.2) is 5.96 Å². The fraction of sp³-hybridized carbons (Fsp3) is 0.455. The third-order valence-electron chi connectivity index (χ3n) is 5.25. The van der Waals surface area contributed by atoms with Gasteiger partial charge in [0.1, 0.15) is 0 Å².